The summed E-state index contributed by atoms with van der Waals surface area (Å²) in [7, 11) is 0. The summed E-state index contributed by atoms with van der Waals surface area (Å²) in [6.07, 6.45) is 5.25. The van der Waals surface area contributed by atoms with Crippen molar-refractivity contribution in [2.45, 2.75) is 19.9 Å². The third-order valence-electron chi connectivity index (χ3n) is 4.16. The Morgan fingerprint density at radius 1 is 1.33 bits per heavy atom. The lowest BCUT2D eigenvalue weighted by Gasteiger charge is -2.28. The van der Waals surface area contributed by atoms with E-state index in [-0.39, 0.29) is 17.4 Å². The molecule has 0 aliphatic heterocycles. The van der Waals surface area contributed by atoms with Crippen molar-refractivity contribution in [3.05, 3.63) is 61.9 Å². The number of Topliss-reactive ketones (excluding diaryl/α,β-unsaturated/α-hetero) is 1. The van der Waals surface area contributed by atoms with Crippen LogP contribution < -0.4 is 5.32 Å². The summed E-state index contributed by atoms with van der Waals surface area (Å²) in [5.74, 6) is -0.527. The van der Waals surface area contributed by atoms with Crippen LogP contribution in [-0.4, -0.2) is 32.5 Å². The van der Waals surface area contributed by atoms with Gasteiger partial charge in [0.2, 0.25) is 0 Å². The maximum atomic E-state index is 13.0. The first-order valence-corrected chi connectivity index (χ1v) is 9.97. The van der Waals surface area contributed by atoms with Crippen LogP contribution in [0.3, 0.4) is 0 Å². The second kappa shape index (κ2) is 8.08. The Labute approximate surface area is 177 Å². The van der Waals surface area contributed by atoms with Crippen LogP contribution >= 0.6 is 43.5 Å². The number of rotatable bonds is 4. The molecule has 1 aliphatic carbocycles. The number of halogens is 3. The zero-order valence-corrected chi connectivity index (χ0v) is 18.3. The topological polar surface area (TPSA) is 76.9 Å². The molecule has 2 aromatic heterocycles. The normalized spacial score (nSPS) is 19.3. The van der Waals surface area contributed by atoms with Crippen molar-refractivity contribution in [1.82, 2.24) is 20.1 Å². The molecular weight excluding hydrogens is 499 g/mol. The zero-order chi connectivity index (χ0) is 19.7. The highest BCUT2D eigenvalue weighted by molar-refractivity contribution is 9.12. The van der Waals surface area contributed by atoms with Crippen LogP contribution in [0.1, 0.15) is 24.3 Å². The molecule has 2 aromatic rings. The summed E-state index contributed by atoms with van der Waals surface area (Å²) in [5, 5.41) is 7.56. The first-order chi connectivity index (χ1) is 12.8. The van der Waals surface area contributed by atoms with Crippen molar-refractivity contribution in [1.29, 1.82) is 0 Å². The van der Waals surface area contributed by atoms with E-state index in [0.29, 0.717) is 15.4 Å². The maximum absolute atomic E-state index is 13.0. The number of hydrogen-bond donors (Lipinski definition) is 1. The zero-order valence-electron chi connectivity index (χ0n) is 14.4. The molecule has 1 amide bonds. The van der Waals surface area contributed by atoms with E-state index in [4.69, 9.17) is 11.6 Å². The number of nitrogens with one attached hydrogen (secondary N) is 1. The second-order valence-corrected chi connectivity index (χ2v) is 8.24. The van der Waals surface area contributed by atoms with E-state index >= 15 is 0 Å². The maximum Gasteiger partial charge on any atom is 0.270 e. The van der Waals surface area contributed by atoms with Gasteiger partial charge in [0.05, 0.1) is 17.0 Å². The molecule has 0 radical (unpaired) electrons. The molecule has 27 heavy (non-hydrogen) atoms. The van der Waals surface area contributed by atoms with Gasteiger partial charge in [-0.1, -0.05) is 33.6 Å². The van der Waals surface area contributed by atoms with Crippen molar-refractivity contribution in [2.75, 3.05) is 0 Å². The van der Waals surface area contributed by atoms with Crippen LogP contribution in [0.25, 0.3) is 5.82 Å². The molecule has 0 spiro atoms. The molecule has 3 rings (SSSR count). The molecule has 2 atom stereocenters. The van der Waals surface area contributed by atoms with Gasteiger partial charge in [-0.15, -0.1) is 0 Å². The molecule has 2 unspecified atom stereocenters. The quantitative estimate of drug-likeness (QED) is 0.663. The van der Waals surface area contributed by atoms with Gasteiger partial charge in [-0.05, 0) is 53.6 Å². The third-order valence-corrected chi connectivity index (χ3v) is 5.34. The molecule has 0 saturated heterocycles. The van der Waals surface area contributed by atoms with E-state index in [1.165, 1.54) is 11.6 Å². The minimum Gasteiger partial charge on any atom is -0.343 e. The molecule has 140 valence electrons. The van der Waals surface area contributed by atoms with E-state index in [1.54, 1.807) is 30.5 Å². The van der Waals surface area contributed by atoms with Crippen LogP contribution in [0, 0.1) is 5.92 Å². The number of allylic oxidation sites excluding steroid dienone is 2. The SMILES string of the molecule is CC(=O)C1C=C(Br)C=C(C)C1NC(=O)c1cc(Br)nn1-c1ncccc1Cl. The van der Waals surface area contributed by atoms with Gasteiger partial charge in [-0.3, -0.25) is 9.59 Å². The van der Waals surface area contributed by atoms with Crippen molar-refractivity contribution in [2.24, 2.45) is 5.92 Å². The van der Waals surface area contributed by atoms with Crippen LogP contribution in [0.15, 0.2) is 51.2 Å². The molecule has 0 bridgehead atoms. The Balaban J connectivity index is 1.95. The van der Waals surface area contributed by atoms with Gasteiger partial charge in [0.25, 0.3) is 5.91 Å². The summed E-state index contributed by atoms with van der Waals surface area (Å²) < 4.78 is 2.66. The molecule has 0 aromatic carbocycles. The first-order valence-electron chi connectivity index (χ1n) is 8.01. The van der Waals surface area contributed by atoms with Crippen molar-refractivity contribution >= 4 is 55.2 Å². The second-order valence-electron chi connectivity index (χ2n) is 6.10. The number of amides is 1. The van der Waals surface area contributed by atoms with Crippen LogP contribution in [0.4, 0.5) is 0 Å². The Kier molecular flexibility index (Phi) is 5.98. The number of aromatic nitrogens is 3. The van der Waals surface area contributed by atoms with Gasteiger partial charge < -0.3 is 5.32 Å². The molecule has 6 nitrogen and oxygen atoms in total. The smallest absolute Gasteiger partial charge is 0.270 e. The number of hydrogen-bond acceptors (Lipinski definition) is 4. The van der Waals surface area contributed by atoms with E-state index in [1.807, 2.05) is 13.0 Å². The molecular formula is C18H15Br2ClN4O2. The van der Waals surface area contributed by atoms with Crippen molar-refractivity contribution in [3.8, 4) is 5.82 Å². The summed E-state index contributed by atoms with van der Waals surface area (Å²) >= 11 is 12.9. The fraction of sp³-hybridized carbons (Fsp3) is 0.222. The summed E-state index contributed by atoms with van der Waals surface area (Å²) in [5.41, 5.74) is 1.13. The molecule has 0 fully saturated rings. The van der Waals surface area contributed by atoms with Gasteiger partial charge in [-0.25, -0.2) is 9.67 Å². The first kappa shape index (κ1) is 20.0. The van der Waals surface area contributed by atoms with Crippen molar-refractivity contribution in [3.63, 3.8) is 0 Å². The number of carbonyl (C=O) groups is 2. The standard InChI is InChI=1S/C18H15Br2ClN4O2/c1-9-6-11(19)7-12(10(2)26)16(9)23-18(27)14-8-15(20)24-25(14)17-13(21)4-3-5-22-17/h3-8,12,16H,1-2H3,(H,23,27). The lowest BCUT2D eigenvalue weighted by Crippen LogP contribution is -2.44. The van der Waals surface area contributed by atoms with Gasteiger partial charge in [0.1, 0.15) is 16.1 Å². The highest BCUT2D eigenvalue weighted by atomic mass is 79.9. The average Bonchev–Trinajstić information content (AvgIpc) is 2.99. The largest absolute Gasteiger partial charge is 0.343 e. The monoisotopic (exact) mass is 512 g/mol. The van der Waals surface area contributed by atoms with Crippen molar-refractivity contribution < 1.29 is 9.59 Å². The number of ketones is 1. The van der Waals surface area contributed by atoms with Gasteiger partial charge in [0, 0.05) is 16.7 Å². The Morgan fingerprint density at radius 3 is 2.74 bits per heavy atom. The number of carbonyl (C=O) groups excluding carboxylic acids is 2. The van der Waals surface area contributed by atoms with Crippen LogP contribution in [0.5, 0.6) is 0 Å². The number of nitrogens with zero attached hydrogens (tertiary/aromatic N) is 3. The van der Waals surface area contributed by atoms with Crippen LogP contribution in [-0.2, 0) is 4.79 Å². The van der Waals surface area contributed by atoms with Gasteiger partial charge >= 0.3 is 0 Å². The van der Waals surface area contributed by atoms with E-state index in [2.05, 4.69) is 47.3 Å². The Morgan fingerprint density at radius 2 is 2.07 bits per heavy atom. The lowest BCUT2D eigenvalue weighted by molar-refractivity contribution is -0.119. The predicted octanol–water partition coefficient (Wildman–Crippen LogP) is 4.23. The van der Waals surface area contributed by atoms with E-state index in [9.17, 15) is 9.59 Å². The minimum absolute atomic E-state index is 0.0350. The number of pyridine rings is 1. The summed E-state index contributed by atoms with van der Waals surface area (Å²) in [4.78, 5) is 29.3. The highest BCUT2D eigenvalue weighted by Crippen LogP contribution is 2.28. The molecule has 1 N–H and O–H groups in total. The van der Waals surface area contributed by atoms with E-state index < -0.39 is 12.0 Å². The average molecular weight is 515 g/mol. The molecule has 1 aliphatic rings. The molecule has 2 heterocycles. The van der Waals surface area contributed by atoms with E-state index in [0.717, 1.165) is 10.1 Å². The highest BCUT2D eigenvalue weighted by Gasteiger charge is 2.31. The lowest BCUT2D eigenvalue weighted by atomic mass is 9.86. The molecule has 9 heteroatoms. The summed E-state index contributed by atoms with van der Waals surface area (Å²) in [6, 6.07) is 4.50. The Bertz CT molecular complexity index is 983. The predicted molar refractivity (Wildman–Crippen MR) is 110 cm³/mol. The fourth-order valence-electron chi connectivity index (χ4n) is 2.89. The minimum atomic E-state index is -0.452. The Hall–Kier alpha value is -1.77. The van der Waals surface area contributed by atoms with Crippen LogP contribution in [0.2, 0.25) is 5.02 Å². The third kappa shape index (κ3) is 4.23. The summed E-state index contributed by atoms with van der Waals surface area (Å²) in [6.45, 7) is 3.38. The fourth-order valence-corrected chi connectivity index (χ4v) is 4.11. The van der Waals surface area contributed by atoms with Gasteiger partial charge in [0.15, 0.2) is 5.82 Å². The molecule has 0 saturated carbocycles. The van der Waals surface area contributed by atoms with Gasteiger partial charge in [-0.2, -0.15) is 5.10 Å².